The summed E-state index contributed by atoms with van der Waals surface area (Å²) in [6, 6.07) is 7.27. The SMILES string of the molecule is CCC(CC)C(=O)Nc1ccc(CC(=O)NC(C)(C)CO)cc1. The molecule has 0 bridgehead atoms. The molecular formula is C18H28N2O3. The van der Waals surface area contributed by atoms with Crippen molar-refractivity contribution >= 4 is 17.5 Å². The van der Waals surface area contributed by atoms with Crippen LogP contribution in [-0.2, 0) is 16.0 Å². The lowest BCUT2D eigenvalue weighted by molar-refractivity contribution is -0.122. The molecule has 0 fully saturated rings. The Kier molecular flexibility index (Phi) is 7.23. The lowest BCUT2D eigenvalue weighted by atomic mass is 10.0. The van der Waals surface area contributed by atoms with E-state index >= 15 is 0 Å². The van der Waals surface area contributed by atoms with Gasteiger partial charge in [0.15, 0.2) is 0 Å². The van der Waals surface area contributed by atoms with E-state index in [1.807, 2.05) is 26.0 Å². The molecule has 23 heavy (non-hydrogen) atoms. The number of anilines is 1. The predicted molar refractivity (Wildman–Crippen MR) is 92.2 cm³/mol. The van der Waals surface area contributed by atoms with E-state index in [9.17, 15) is 9.59 Å². The van der Waals surface area contributed by atoms with Gasteiger partial charge in [0.25, 0.3) is 0 Å². The van der Waals surface area contributed by atoms with E-state index in [4.69, 9.17) is 5.11 Å². The molecule has 0 aliphatic rings. The van der Waals surface area contributed by atoms with E-state index < -0.39 is 5.54 Å². The highest BCUT2D eigenvalue weighted by Gasteiger charge is 2.19. The van der Waals surface area contributed by atoms with Crippen LogP contribution in [0.1, 0.15) is 46.1 Å². The number of aliphatic hydroxyl groups excluding tert-OH is 1. The molecule has 0 aliphatic carbocycles. The Morgan fingerprint density at radius 3 is 2.17 bits per heavy atom. The van der Waals surface area contributed by atoms with Crippen molar-refractivity contribution in [2.24, 2.45) is 5.92 Å². The van der Waals surface area contributed by atoms with Crippen LogP contribution in [0.2, 0.25) is 0 Å². The summed E-state index contributed by atoms with van der Waals surface area (Å²) in [4.78, 5) is 24.0. The number of amides is 2. The van der Waals surface area contributed by atoms with E-state index in [2.05, 4.69) is 10.6 Å². The largest absolute Gasteiger partial charge is 0.394 e. The molecule has 0 aliphatic heterocycles. The van der Waals surface area contributed by atoms with Gasteiger partial charge in [0.05, 0.1) is 18.6 Å². The summed E-state index contributed by atoms with van der Waals surface area (Å²) in [5, 5.41) is 14.8. The molecule has 5 heteroatoms. The van der Waals surface area contributed by atoms with Crippen molar-refractivity contribution in [1.82, 2.24) is 5.32 Å². The fraction of sp³-hybridized carbons (Fsp3) is 0.556. The van der Waals surface area contributed by atoms with E-state index in [0.717, 1.165) is 24.1 Å². The Morgan fingerprint density at radius 1 is 1.13 bits per heavy atom. The fourth-order valence-corrected chi connectivity index (χ4v) is 2.26. The van der Waals surface area contributed by atoms with Crippen LogP contribution in [0.3, 0.4) is 0 Å². The van der Waals surface area contributed by atoms with E-state index in [1.165, 1.54) is 0 Å². The first kappa shape index (κ1) is 19.2. The average molecular weight is 320 g/mol. The lowest BCUT2D eigenvalue weighted by Crippen LogP contribution is -2.46. The van der Waals surface area contributed by atoms with Crippen molar-refractivity contribution in [3.8, 4) is 0 Å². The first-order valence-corrected chi connectivity index (χ1v) is 8.13. The Labute approximate surface area is 138 Å². The molecule has 2 amide bonds. The standard InChI is InChI=1S/C18H28N2O3/c1-5-14(6-2)17(23)19-15-9-7-13(8-10-15)11-16(22)20-18(3,4)12-21/h7-10,14,21H,5-6,11-12H2,1-4H3,(H,19,23)(H,20,22). The van der Waals surface area contributed by atoms with Crippen LogP contribution in [0.15, 0.2) is 24.3 Å². The third-order valence-electron chi connectivity index (χ3n) is 3.82. The zero-order valence-corrected chi connectivity index (χ0v) is 14.5. The van der Waals surface area contributed by atoms with Gasteiger partial charge in [0.1, 0.15) is 0 Å². The van der Waals surface area contributed by atoms with Gasteiger partial charge in [-0.15, -0.1) is 0 Å². The Morgan fingerprint density at radius 2 is 1.70 bits per heavy atom. The number of nitrogens with one attached hydrogen (secondary N) is 2. The molecule has 1 aromatic carbocycles. The van der Waals surface area contributed by atoms with Gasteiger partial charge in [0, 0.05) is 11.6 Å². The molecule has 0 saturated heterocycles. The summed E-state index contributed by atoms with van der Waals surface area (Å²) in [5.41, 5.74) is 0.971. The number of carbonyl (C=O) groups is 2. The second kappa shape index (κ2) is 8.67. The maximum absolute atomic E-state index is 12.0. The monoisotopic (exact) mass is 320 g/mol. The number of hydrogen-bond donors (Lipinski definition) is 3. The molecule has 0 aromatic heterocycles. The van der Waals surface area contributed by atoms with Crippen LogP contribution in [0.4, 0.5) is 5.69 Å². The van der Waals surface area contributed by atoms with Crippen molar-refractivity contribution < 1.29 is 14.7 Å². The van der Waals surface area contributed by atoms with Gasteiger partial charge < -0.3 is 15.7 Å². The molecule has 0 heterocycles. The Balaban J connectivity index is 2.60. The zero-order chi connectivity index (χ0) is 17.5. The van der Waals surface area contributed by atoms with Crippen molar-refractivity contribution in [3.05, 3.63) is 29.8 Å². The van der Waals surface area contributed by atoms with Gasteiger partial charge in [0.2, 0.25) is 11.8 Å². The Hall–Kier alpha value is -1.88. The van der Waals surface area contributed by atoms with Crippen LogP contribution in [0.25, 0.3) is 0 Å². The molecule has 3 N–H and O–H groups in total. The molecule has 5 nitrogen and oxygen atoms in total. The van der Waals surface area contributed by atoms with Gasteiger partial charge in [-0.1, -0.05) is 26.0 Å². The van der Waals surface area contributed by atoms with E-state index in [0.29, 0.717) is 0 Å². The second-order valence-corrected chi connectivity index (χ2v) is 6.47. The second-order valence-electron chi connectivity index (χ2n) is 6.47. The summed E-state index contributed by atoms with van der Waals surface area (Å²) in [6.45, 7) is 7.43. The van der Waals surface area contributed by atoms with Crippen LogP contribution < -0.4 is 10.6 Å². The van der Waals surface area contributed by atoms with Crippen molar-refractivity contribution in [2.45, 2.75) is 52.5 Å². The summed E-state index contributed by atoms with van der Waals surface area (Å²) >= 11 is 0. The van der Waals surface area contributed by atoms with Crippen molar-refractivity contribution in [2.75, 3.05) is 11.9 Å². The first-order valence-electron chi connectivity index (χ1n) is 8.13. The summed E-state index contributed by atoms with van der Waals surface area (Å²) in [7, 11) is 0. The maximum Gasteiger partial charge on any atom is 0.227 e. The zero-order valence-electron chi connectivity index (χ0n) is 14.5. The third kappa shape index (κ3) is 6.40. The molecule has 1 rings (SSSR count). The number of aliphatic hydroxyl groups is 1. The minimum atomic E-state index is -0.625. The average Bonchev–Trinajstić information content (AvgIpc) is 2.50. The van der Waals surface area contributed by atoms with Crippen LogP contribution in [0.5, 0.6) is 0 Å². The fourth-order valence-electron chi connectivity index (χ4n) is 2.26. The summed E-state index contributed by atoms with van der Waals surface area (Å²) in [5.74, 6) is -0.0794. The van der Waals surface area contributed by atoms with Crippen molar-refractivity contribution in [1.29, 1.82) is 0 Å². The van der Waals surface area contributed by atoms with Crippen LogP contribution in [-0.4, -0.2) is 29.1 Å². The minimum Gasteiger partial charge on any atom is -0.394 e. The summed E-state index contributed by atoms with van der Waals surface area (Å²) < 4.78 is 0. The molecule has 128 valence electrons. The molecule has 0 unspecified atom stereocenters. The number of hydrogen-bond acceptors (Lipinski definition) is 3. The van der Waals surface area contributed by atoms with E-state index in [-0.39, 0.29) is 30.8 Å². The predicted octanol–water partition coefficient (Wildman–Crippen LogP) is 2.49. The molecule has 0 spiro atoms. The highest BCUT2D eigenvalue weighted by atomic mass is 16.3. The lowest BCUT2D eigenvalue weighted by Gasteiger charge is -2.23. The van der Waals surface area contributed by atoms with Gasteiger partial charge in [-0.25, -0.2) is 0 Å². The number of rotatable bonds is 8. The van der Waals surface area contributed by atoms with Gasteiger partial charge >= 0.3 is 0 Å². The quantitative estimate of drug-likeness (QED) is 0.688. The third-order valence-corrected chi connectivity index (χ3v) is 3.82. The molecule has 0 atom stereocenters. The first-order chi connectivity index (χ1) is 10.8. The molecular weight excluding hydrogens is 292 g/mol. The molecule has 0 radical (unpaired) electrons. The summed E-state index contributed by atoms with van der Waals surface area (Å²) in [6.07, 6.45) is 1.88. The van der Waals surface area contributed by atoms with Crippen molar-refractivity contribution in [3.63, 3.8) is 0 Å². The van der Waals surface area contributed by atoms with Crippen LogP contribution >= 0.6 is 0 Å². The number of benzene rings is 1. The Bertz CT molecular complexity index is 520. The normalized spacial score (nSPS) is 11.4. The topological polar surface area (TPSA) is 78.4 Å². The number of carbonyl (C=O) groups excluding carboxylic acids is 2. The minimum absolute atomic E-state index is 0.0289. The van der Waals surface area contributed by atoms with E-state index in [1.54, 1.807) is 26.0 Å². The van der Waals surface area contributed by atoms with Gasteiger partial charge in [-0.05, 0) is 44.4 Å². The molecule has 0 saturated carbocycles. The van der Waals surface area contributed by atoms with Gasteiger partial charge in [-0.2, -0.15) is 0 Å². The highest BCUT2D eigenvalue weighted by Crippen LogP contribution is 2.15. The van der Waals surface area contributed by atoms with Gasteiger partial charge in [-0.3, -0.25) is 9.59 Å². The highest BCUT2D eigenvalue weighted by molar-refractivity contribution is 5.92. The van der Waals surface area contributed by atoms with Crippen LogP contribution in [0, 0.1) is 5.92 Å². The smallest absolute Gasteiger partial charge is 0.227 e. The maximum atomic E-state index is 12.0. The molecule has 1 aromatic rings.